The highest BCUT2D eigenvalue weighted by molar-refractivity contribution is 5.99. The van der Waals surface area contributed by atoms with Crippen molar-refractivity contribution in [3.63, 3.8) is 0 Å². The van der Waals surface area contributed by atoms with Crippen molar-refractivity contribution in [3.8, 4) is 0 Å². The summed E-state index contributed by atoms with van der Waals surface area (Å²) in [5.74, 6) is -2.50. The number of alkyl halides is 2. The Morgan fingerprint density at radius 3 is 2.00 bits per heavy atom. The van der Waals surface area contributed by atoms with Crippen LogP contribution in [0, 0.1) is 0 Å². The Hall–Kier alpha value is -2.00. The van der Waals surface area contributed by atoms with Gasteiger partial charge in [-0.05, 0) is 59.0 Å². The fourth-order valence-corrected chi connectivity index (χ4v) is 4.04. The molecule has 0 N–H and O–H groups in total. The summed E-state index contributed by atoms with van der Waals surface area (Å²) in [6, 6.07) is 19.4. The maximum Gasteiger partial charge on any atom is 0.245 e. The minimum absolute atomic E-state index is 0.0251. The number of rotatable bonds is 13. The second-order valence-electron chi connectivity index (χ2n) is 8.54. The monoisotopic (exact) mass is 412 g/mol. The molecule has 0 bridgehead atoms. The molecular weight excluding hydrogens is 378 g/mol. The van der Waals surface area contributed by atoms with Gasteiger partial charge in [0.15, 0.2) is 0 Å². The first kappa shape index (κ1) is 22.7. The molecule has 3 rings (SSSR count). The topological polar surface area (TPSA) is 9.23 Å². The molecule has 30 heavy (non-hydrogen) atoms. The molecule has 3 aromatic rings. The van der Waals surface area contributed by atoms with Crippen LogP contribution >= 0.6 is 0 Å². The third-order valence-electron chi connectivity index (χ3n) is 5.75. The summed E-state index contributed by atoms with van der Waals surface area (Å²) >= 11 is 0. The minimum atomic E-state index is -2.50. The van der Waals surface area contributed by atoms with Crippen LogP contribution in [0.1, 0.15) is 70.3 Å². The number of unbranched alkanes of at least 4 members (excludes halogenated alkanes) is 7. The highest BCUT2D eigenvalue weighted by Crippen LogP contribution is 2.26. The smallest absolute Gasteiger partial charge is 0.245 e. The van der Waals surface area contributed by atoms with Crippen LogP contribution in [0.15, 0.2) is 54.6 Å². The van der Waals surface area contributed by atoms with E-state index in [1.165, 1.54) is 46.4 Å². The minimum Gasteiger partial charge on any atom is -0.377 e. The molecule has 3 heteroatoms. The van der Waals surface area contributed by atoms with Crippen LogP contribution in [0.3, 0.4) is 0 Å². The summed E-state index contributed by atoms with van der Waals surface area (Å²) in [5.41, 5.74) is 1.25. The Labute approximate surface area is 179 Å². The lowest BCUT2D eigenvalue weighted by molar-refractivity contribution is 0.0103. The summed E-state index contributed by atoms with van der Waals surface area (Å²) in [6.45, 7) is 2.45. The Kier molecular flexibility index (Phi) is 8.62. The van der Waals surface area contributed by atoms with Gasteiger partial charge in [0.25, 0.3) is 0 Å². The Morgan fingerprint density at radius 2 is 1.30 bits per heavy atom. The number of fused-ring (bicyclic) bond motifs is 2. The van der Waals surface area contributed by atoms with E-state index in [9.17, 15) is 8.78 Å². The molecule has 162 valence electrons. The predicted molar refractivity (Wildman–Crippen MR) is 123 cm³/mol. The van der Waals surface area contributed by atoms with Gasteiger partial charge in [0, 0.05) is 13.0 Å². The van der Waals surface area contributed by atoms with Crippen molar-refractivity contribution in [1.82, 2.24) is 0 Å². The Bertz CT molecular complexity index is 914. The second kappa shape index (κ2) is 11.4. The second-order valence-corrected chi connectivity index (χ2v) is 8.54. The standard InChI is InChI=1S/C27H34F2O/c1-27(28,29)17-10-6-4-2-3-5-7-11-18-30-21-25-16-12-15-24-19-22-13-8-9-14-23(22)20-26(24)25/h8-9,12-16,19-20H,2-7,10-11,17-18,21H2,1H3. The molecule has 0 saturated heterocycles. The fraction of sp³-hybridized carbons (Fsp3) is 0.481. The molecule has 0 aliphatic carbocycles. The number of halogens is 2. The quantitative estimate of drug-likeness (QED) is 0.201. The van der Waals surface area contributed by atoms with Crippen LogP contribution in [-0.2, 0) is 11.3 Å². The molecule has 3 aromatic carbocycles. The third-order valence-corrected chi connectivity index (χ3v) is 5.75. The molecule has 0 amide bonds. The maximum absolute atomic E-state index is 12.7. The van der Waals surface area contributed by atoms with Crippen LogP contribution in [0.5, 0.6) is 0 Å². The van der Waals surface area contributed by atoms with Gasteiger partial charge < -0.3 is 4.74 Å². The summed E-state index contributed by atoms with van der Waals surface area (Å²) in [5, 5.41) is 5.07. The van der Waals surface area contributed by atoms with Gasteiger partial charge in [0.05, 0.1) is 6.61 Å². The maximum atomic E-state index is 12.7. The van der Waals surface area contributed by atoms with Crippen molar-refractivity contribution in [1.29, 1.82) is 0 Å². The number of hydrogen-bond acceptors (Lipinski definition) is 1. The lowest BCUT2D eigenvalue weighted by Gasteiger charge is -2.10. The van der Waals surface area contributed by atoms with Gasteiger partial charge in [-0.2, -0.15) is 0 Å². The SMILES string of the molecule is CC(F)(F)CCCCCCCCCCOCc1cccc2cc3ccccc3cc12. The van der Waals surface area contributed by atoms with E-state index in [-0.39, 0.29) is 6.42 Å². The van der Waals surface area contributed by atoms with Crippen molar-refractivity contribution >= 4 is 21.5 Å². The summed E-state index contributed by atoms with van der Waals surface area (Å²) in [6.07, 6.45) is 8.46. The van der Waals surface area contributed by atoms with Gasteiger partial charge >= 0.3 is 0 Å². The van der Waals surface area contributed by atoms with Gasteiger partial charge in [-0.25, -0.2) is 8.78 Å². The molecule has 0 saturated carbocycles. The molecule has 0 unspecified atom stereocenters. The van der Waals surface area contributed by atoms with Crippen LogP contribution in [-0.4, -0.2) is 12.5 Å². The van der Waals surface area contributed by atoms with Crippen molar-refractivity contribution in [2.45, 2.75) is 77.2 Å². The lowest BCUT2D eigenvalue weighted by atomic mass is 10.00. The normalized spacial score (nSPS) is 12.1. The Balaban J connectivity index is 1.31. The summed E-state index contributed by atoms with van der Waals surface area (Å²) in [7, 11) is 0. The van der Waals surface area contributed by atoms with Gasteiger partial charge in [0.2, 0.25) is 5.92 Å². The number of ether oxygens (including phenoxy) is 1. The fourth-order valence-electron chi connectivity index (χ4n) is 4.04. The van der Waals surface area contributed by atoms with Crippen molar-refractivity contribution in [2.24, 2.45) is 0 Å². The average Bonchev–Trinajstić information content (AvgIpc) is 2.72. The molecule has 0 aromatic heterocycles. The molecule has 0 atom stereocenters. The lowest BCUT2D eigenvalue weighted by Crippen LogP contribution is -2.08. The van der Waals surface area contributed by atoms with E-state index in [0.717, 1.165) is 39.2 Å². The third kappa shape index (κ3) is 7.36. The first-order chi connectivity index (χ1) is 14.5. The van der Waals surface area contributed by atoms with Crippen molar-refractivity contribution in [2.75, 3.05) is 6.61 Å². The van der Waals surface area contributed by atoms with E-state index in [4.69, 9.17) is 4.74 Å². The molecule has 1 nitrogen and oxygen atoms in total. The van der Waals surface area contributed by atoms with Gasteiger partial charge in [-0.15, -0.1) is 0 Å². The van der Waals surface area contributed by atoms with E-state index in [1.807, 2.05) is 0 Å². The average molecular weight is 413 g/mol. The molecule has 0 aliphatic rings. The number of benzene rings is 3. The van der Waals surface area contributed by atoms with Crippen LogP contribution in [0.25, 0.3) is 21.5 Å². The van der Waals surface area contributed by atoms with Gasteiger partial charge in [-0.1, -0.05) is 81.0 Å². The van der Waals surface area contributed by atoms with Crippen LogP contribution in [0.2, 0.25) is 0 Å². The largest absolute Gasteiger partial charge is 0.377 e. The zero-order chi connectivity index (χ0) is 21.2. The first-order valence-electron chi connectivity index (χ1n) is 11.4. The molecule has 0 fully saturated rings. The van der Waals surface area contributed by atoms with Gasteiger partial charge in [0.1, 0.15) is 0 Å². The summed E-state index contributed by atoms with van der Waals surface area (Å²) < 4.78 is 31.4. The molecule has 0 radical (unpaired) electrons. The zero-order valence-corrected chi connectivity index (χ0v) is 18.1. The van der Waals surface area contributed by atoms with E-state index >= 15 is 0 Å². The van der Waals surface area contributed by atoms with E-state index < -0.39 is 5.92 Å². The van der Waals surface area contributed by atoms with Crippen molar-refractivity contribution in [3.05, 3.63) is 60.2 Å². The first-order valence-corrected chi connectivity index (χ1v) is 11.4. The predicted octanol–water partition coefficient (Wildman–Crippen LogP) is 8.68. The highest BCUT2D eigenvalue weighted by atomic mass is 19.3. The highest BCUT2D eigenvalue weighted by Gasteiger charge is 2.19. The van der Waals surface area contributed by atoms with Gasteiger partial charge in [-0.3, -0.25) is 0 Å². The van der Waals surface area contributed by atoms with Crippen molar-refractivity contribution < 1.29 is 13.5 Å². The molecule has 0 spiro atoms. The zero-order valence-electron chi connectivity index (χ0n) is 18.1. The van der Waals surface area contributed by atoms with E-state index in [0.29, 0.717) is 13.0 Å². The Morgan fingerprint density at radius 1 is 0.700 bits per heavy atom. The van der Waals surface area contributed by atoms with E-state index in [2.05, 4.69) is 54.6 Å². The summed E-state index contributed by atoms with van der Waals surface area (Å²) in [4.78, 5) is 0. The molecular formula is C27H34F2O. The van der Waals surface area contributed by atoms with E-state index in [1.54, 1.807) is 0 Å². The van der Waals surface area contributed by atoms with Crippen LogP contribution < -0.4 is 0 Å². The molecule has 0 heterocycles. The number of hydrogen-bond donors (Lipinski definition) is 0. The molecule has 0 aliphatic heterocycles. The van der Waals surface area contributed by atoms with Crippen LogP contribution in [0.4, 0.5) is 8.78 Å².